The summed E-state index contributed by atoms with van der Waals surface area (Å²) < 4.78 is 0. The molecule has 0 bridgehead atoms. The van der Waals surface area contributed by atoms with Gasteiger partial charge < -0.3 is 5.32 Å². The molecular formula is C16H22N2. The van der Waals surface area contributed by atoms with Gasteiger partial charge in [-0.25, -0.2) is 0 Å². The van der Waals surface area contributed by atoms with Crippen molar-refractivity contribution in [2.75, 3.05) is 0 Å². The molecule has 2 rings (SSSR count). The van der Waals surface area contributed by atoms with Crippen LogP contribution in [0.2, 0.25) is 0 Å². The summed E-state index contributed by atoms with van der Waals surface area (Å²) in [5.41, 5.74) is 6.14. The van der Waals surface area contributed by atoms with Crippen LogP contribution in [0.25, 0.3) is 10.9 Å². The molecule has 1 N–H and O–H groups in total. The third-order valence-electron chi connectivity index (χ3n) is 3.16. The number of hydrogen-bond donors (Lipinski definition) is 1. The minimum absolute atomic E-state index is 0.499. The highest BCUT2D eigenvalue weighted by molar-refractivity contribution is 5.86. The molecule has 2 heteroatoms. The van der Waals surface area contributed by atoms with Gasteiger partial charge in [-0.1, -0.05) is 25.5 Å². The summed E-state index contributed by atoms with van der Waals surface area (Å²) in [6.07, 6.45) is 0. The average molecular weight is 242 g/mol. The molecule has 0 saturated carbocycles. The molecule has 0 aliphatic rings. The highest BCUT2D eigenvalue weighted by atomic mass is 14.9. The molecule has 96 valence electrons. The number of nitrogens with zero attached hydrogens (tertiary/aromatic N) is 1. The summed E-state index contributed by atoms with van der Waals surface area (Å²) >= 11 is 0. The number of rotatable bonds is 3. The highest BCUT2D eigenvalue weighted by Crippen LogP contribution is 2.23. The maximum atomic E-state index is 4.68. The van der Waals surface area contributed by atoms with Crippen LogP contribution in [0.5, 0.6) is 0 Å². The van der Waals surface area contributed by atoms with E-state index in [4.69, 9.17) is 0 Å². The van der Waals surface area contributed by atoms with Crippen molar-refractivity contribution in [3.8, 4) is 0 Å². The van der Waals surface area contributed by atoms with Gasteiger partial charge in [0.15, 0.2) is 0 Å². The number of fused-ring (bicyclic) bond motifs is 1. The summed E-state index contributed by atoms with van der Waals surface area (Å²) in [5.74, 6) is 0. The number of aryl methyl sites for hydroxylation is 3. The molecule has 0 unspecified atom stereocenters. The number of pyridine rings is 1. The molecule has 0 atom stereocenters. The van der Waals surface area contributed by atoms with E-state index >= 15 is 0 Å². The molecule has 0 radical (unpaired) electrons. The van der Waals surface area contributed by atoms with E-state index in [1.165, 1.54) is 22.1 Å². The topological polar surface area (TPSA) is 24.9 Å². The van der Waals surface area contributed by atoms with Crippen molar-refractivity contribution < 1.29 is 0 Å². The monoisotopic (exact) mass is 242 g/mol. The van der Waals surface area contributed by atoms with Gasteiger partial charge in [0.05, 0.1) is 5.52 Å². The Morgan fingerprint density at radius 3 is 2.50 bits per heavy atom. The zero-order valence-corrected chi connectivity index (χ0v) is 12.0. The predicted octanol–water partition coefficient (Wildman–Crippen LogP) is 3.66. The lowest BCUT2D eigenvalue weighted by Gasteiger charge is -2.13. The van der Waals surface area contributed by atoms with Gasteiger partial charge in [-0.3, -0.25) is 4.98 Å². The second-order valence-corrected chi connectivity index (χ2v) is 5.44. The summed E-state index contributed by atoms with van der Waals surface area (Å²) in [6.45, 7) is 11.6. The first-order chi connectivity index (χ1) is 8.47. The van der Waals surface area contributed by atoms with Crippen molar-refractivity contribution in [2.45, 2.75) is 47.2 Å². The fourth-order valence-electron chi connectivity index (χ4n) is 2.35. The van der Waals surface area contributed by atoms with E-state index in [2.05, 4.69) is 63.1 Å². The molecule has 0 amide bonds. The van der Waals surface area contributed by atoms with E-state index < -0.39 is 0 Å². The summed E-state index contributed by atoms with van der Waals surface area (Å²) in [6, 6.07) is 7.14. The maximum absolute atomic E-state index is 4.68. The van der Waals surface area contributed by atoms with Crippen LogP contribution in [0.3, 0.4) is 0 Å². The van der Waals surface area contributed by atoms with Crippen molar-refractivity contribution >= 4 is 10.9 Å². The van der Waals surface area contributed by atoms with Gasteiger partial charge in [0, 0.05) is 23.7 Å². The Morgan fingerprint density at radius 1 is 1.11 bits per heavy atom. The van der Waals surface area contributed by atoms with Crippen molar-refractivity contribution in [2.24, 2.45) is 0 Å². The second-order valence-electron chi connectivity index (χ2n) is 5.44. The number of hydrogen-bond acceptors (Lipinski definition) is 2. The fourth-order valence-corrected chi connectivity index (χ4v) is 2.35. The van der Waals surface area contributed by atoms with Crippen LogP contribution in [0.1, 0.15) is 36.2 Å². The minimum atomic E-state index is 0.499. The first-order valence-electron chi connectivity index (χ1n) is 6.58. The molecule has 1 aromatic heterocycles. The number of aromatic nitrogens is 1. The molecule has 0 aliphatic carbocycles. The van der Waals surface area contributed by atoms with Gasteiger partial charge >= 0.3 is 0 Å². The fraction of sp³-hybridized carbons (Fsp3) is 0.438. The molecule has 1 aromatic carbocycles. The van der Waals surface area contributed by atoms with Crippen LogP contribution in [-0.2, 0) is 6.54 Å². The number of benzene rings is 1. The van der Waals surface area contributed by atoms with Crippen LogP contribution in [0, 0.1) is 20.8 Å². The normalized spacial score (nSPS) is 11.4. The Balaban J connectivity index is 2.57. The van der Waals surface area contributed by atoms with Crippen molar-refractivity contribution in [1.82, 2.24) is 10.3 Å². The van der Waals surface area contributed by atoms with E-state index in [1.54, 1.807) is 0 Å². The maximum Gasteiger partial charge on any atom is 0.0737 e. The predicted molar refractivity (Wildman–Crippen MR) is 77.9 cm³/mol. The van der Waals surface area contributed by atoms with Crippen LogP contribution in [0.4, 0.5) is 0 Å². The van der Waals surface area contributed by atoms with Gasteiger partial charge in [-0.2, -0.15) is 0 Å². The van der Waals surface area contributed by atoms with Crippen LogP contribution < -0.4 is 5.32 Å². The summed E-state index contributed by atoms with van der Waals surface area (Å²) in [4.78, 5) is 4.68. The van der Waals surface area contributed by atoms with Crippen LogP contribution in [-0.4, -0.2) is 11.0 Å². The second kappa shape index (κ2) is 5.07. The van der Waals surface area contributed by atoms with E-state index in [1.807, 2.05) is 0 Å². The average Bonchev–Trinajstić information content (AvgIpc) is 2.27. The number of nitrogens with one attached hydrogen (secondary N) is 1. The molecule has 2 nitrogen and oxygen atoms in total. The zero-order chi connectivity index (χ0) is 13.3. The van der Waals surface area contributed by atoms with Gasteiger partial charge in [-0.05, 0) is 44.0 Å². The first-order valence-corrected chi connectivity index (χ1v) is 6.58. The molecule has 2 aromatic rings. The van der Waals surface area contributed by atoms with E-state index in [-0.39, 0.29) is 0 Å². The highest BCUT2D eigenvalue weighted by Gasteiger charge is 2.07. The zero-order valence-electron chi connectivity index (χ0n) is 12.0. The van der Waals surface area contributed by atoms with Gasteiger partial charge in [0.1, 0.15) is 0 Å². The third kappa shape index (κ3) is 2.70. The molecule has 1 heterocycles. The van der Waals surface area contributed by atoms with E-state index in [0.29, 0.717) is 6.04 Å². The Morgan fingerprint density at radius 2 is 1.83 bits per heavy atom. The lowest BCUT2D eigenvalue weighted by Crippen LogP contribution is -2.22. The van der Waals surface area contributed by atoms with Crippen molar-refractivity contribution in [3.05, 3.63) is 40.6 Å². The molecule has 18 heavy (non-hydrogen) atoms. The third-order valence-corrected chi connectivity index (χ3v) is 3.16. The molecule has 0 aliphatic heterocycles. The Bertz CT molecular complexity index is 571. The quantitative estimate of drug-likeness (QED) is 0.888. The largest absolute Gasteiger partial charge is 0.310 e. The summed E-state index contributed by atoms with van der Waals surface area (Å²) in [7, 11) is 0. The van der Waals surface area contributed by atoms with E-state index in [0.717, 1.165) is 17.8 Å². The van der Waals surface area contributed by atoms with Crippen molar-refractivity contribution in [1.29, 1.82) is 0 Å². The smallest absolute Gasteiger partial charge is 0.0737 e. The first kappa shape index (κ1) is 13.0. The Hall–Kier alpha value is -1.41. The SMILES string of the molecule is Cc1cc(C)c2nc(C)cc(CNC(C)C)c2c1. The Kier molecular flexibility index (Phi) is 3.67. The minimum Gasteiger partial charge on any atom is -0.310 e. The molecular weight excluding hydrogens is 220 g/mol. The molecule has 0 fully saturated rings. The standard InChI is InChI=1S/C16H22N2/c1-10(2)17-9-14-8-13(5)18-16-12(4)6-11(3)7-15(14)16/h6-8,10,17H,9H2,1-5H3. The van der Waals surface area contributed by atoms with Gasteiger partial charge in [0.2, 0.25) is 0 Å². The molecule has 0 saturated heterocycles. The van der Waals surface area contributed by atoms with Crippen LogP contribution in [0.15, 0.2) is 18.2 Å². The summed E-state index contributed by atoms with van der Waals surface area (Å²) in [5, 5.41) is 4.78. The lowest BCUT2D eigenvalue weighted by atomic mass is 10.0. The van der Waals surface area contributed by atoms with Gasteiger partial charge in [0.25, 0.3) is 0 Å². The van der Waals surface area contributed by atoms with Crippen LogP contribution >= 0.6 is 0 Å². The van der Waals surface area contributed by atoms with Crippen molar-refractivity contribution in [3.63, 3.8) is 0 Å². The van der Waals surface area contributed by atoms with E-state index in [9.17, 15) is 0 Å². The lowest BCUT2D eigenvalue weighted by molar-refractivity contribution is 0.590. The molecule has 0 spiro atoms. The Labute approximate surface area is 109 Å². The van der Waals surface area contributed by atoms with Gasteiger partial charge in [-0.15, -0.1) is 0 Å².